The molecule has 8 heavy (non-hydrogen) atoms. The van der Waals surface area contributed by atoms with E-state index >= 15 is 0 Å². The van der Waals surface area contributed by atoms with Gasteiger partial charge in [0.25, 0.3) is 0 Å². The summed E-state index contributed by atoms with van der Waals surface area (Å²) in [5.41, 5.74) is 0. The first-order valence-corrected chi connectivity index (χ1v) is 2.94. The molecule has 0 radical (unpaired) electrons. The van der Waals surface area contributed by atoms with Gasteiger partial charge >= 0.3 is 18.9 Å². The number of hydrogen-bond acceptors (Lipinski definition) is 0. The third-order valence-corrected chi connectivity index (χ3v) is 0.718. The summed E-state index contributed by atoms with van der Waals surface area (Å²) >= 11 is 0. The Hall–Kier alpha value is 0.557. The molecule has 0 saturated heterocycles. The van der Waals surface area contributed by atoms with Gasteiger partial charge in [0, 0.05) is 0 Å². The van der Waals surface area contributed by atoms with Gasteiger partial charge in [-0.2, -0.15) is 0 Å². The summed E-state index contributed by atoms with van der Waals surface area (Å²) in [5, 5.41) is 4.24. The molecule has 0 aromatic rings. The predicted molar refractivity (Wildman–Crippen MR) is 33.7 cm³/mol. The predicted octanol–water partition coefficient (Wildman–Crippen LogP) is -0.817. The molecular weight excluding hydrogens is 93.0 g/mol. The molecule has 0 aliphatic carbocycles. The van der Waals surface area contributed by atoms with Crippen LogP contribution in [0.5, 0.6) is 0 Å². The summed E-state index contributed by atoms with van der Waals surface area (Å²) in [4.78, 5) is 0. The molecule has 0 unspecified atom stereocenters. The van der Waals surface area contributed by atoms with Gasteiger partial charge in [-0.3, -0.25) is 0 Å². The Morgan fingerprint density at radius 2 is 1.88 bits per heavy atom. The summed E-state index contributed by atoms with van der Waals surface area (Å²) < 4.78 is 0. The summed E-state index contributed by atoms with van der Waals surface area (Å²) in [7, 11) is 0. The number of nitrogens with zero attached hydrogens (tertiary/aromatic N) is 1. The molecule has 0 spiro atoms. The minimum Gasteiger partial charge on any atom is -0.660 e. The monoisotopic (exact) mass is 107 g/mol. The minimum absolute atomic E-state index is 0. The van der Waals surface area contributed by atoms with Crippen molar-refractivity contribution in [3.63, 3.8) is 0 Å². The van der Waals surface area contributed by atoms with E-state index in [4.69, 9.17) is 0 Å². The summed E-state index contributed by atoms with van der Waals surface area (Å²) in [6.45, 7) is 7.38. The molecule has 0 amide bonds. The smallest absolute Gasteiger partial charge is 0.660 e. The van der Waals surface area contributed by atoms with Gasteiger partial charge < -0.3 is 5.32 Å². The Labute approximate surface area is 64.4 Å². The fraction of sp³-hybridized carbons (Fsp3) is 1.00. The first-order chi connectivity index (χ1) is 3.27. The van der Waals surface area contributed by atoms with Gasteiger partial charge in [-0.25, -0.2) is 0 Å². The quantitative estimate of drug-likeness (QED) is 0.418. The third kappa shape index (κ3) is 9.75. The van der Waals surface area contributed by atoms with Crippen LogP contribution in [0.15, 0.2) is 0 Å². The maximum absolute atomic E-state index is 4.24. The molecule has 0 aromatic heterocycles. The van der Waals surface area contributed by atoms with E-state index in [0.29, 0.717) is 6.04 Å². The van der Waals surface area contributed by atoms with Gasteiger partial charge in [0.1, 0.15) is 0 Å². The zero-order chi connectivity index (χ0) is 5.70. The Balaban J connectivity index is 0. The fourth-order valence-electron chi connectivity index (χ4n) is 0.387. The van der Waals surface area contributed by atoms with E-state index in [9.17, 15) is 0 Å². The van der Waals surface area contributed by atoms with Crippen LogP contribution in [-0.2, 0) is 0 Å². The molecule has 0 heterocycles. The van der Waals surface area contributed by atoms with Crippen molar-refractivity contribution in [2.75, 3.05) is 6.54 Å². The van der Waals surface area contributed by atoms with Crippen molar-refractivity contribution in [3.05, 3.63) is 5.32 Å². The third-order valence-electron chi connectivity index (χ3n) is 0.718. The minimum atomic E-state index is 0. The van der Waals surface area contributed by atoms with Crippen LogP contribution in [0.1, 0.15) is 27.2 Å². The van der Waals surface area contributed by atoms with E-state index in [2.05, 4.69) is 26.1 Å². The van der Waals surface area contributed by atoms with Crippen molar-refractivity contribution in [2.45, 2.75) is 33.2 Å². The van der Waals surface area contributed by atoms with Gasteiger partial charge in [-0.15, -0.1) is 12.6 Å². The van der Waals surface area contributed by atoms with Crippen LogP contribution in [0.2, 0.25) is 0 Å². The van der Waals surface area contributed by atoms with Gasteiger partial charge in [-0.1, -0.05) is 27.2 Å². The molecule has 44 valence electrons. The van der Waals surface area contributed by atoms with Gasteiger partial charge in [0.2, 0.25) is 0 Å². The first kappa shape index (κ1) is 11.4. The first-order valence-electron chi connectivity index (χ1n) is 2.94. The molecule has 0 rings (SSSR count). The van der Waals surface area contributed by atoms with Gasteiger partial charge in [0.15, 0.2) is 0 Å². The molecular formula is C6H14LiN. The van der Waals surface area contributed by atoms with Crippen LogP contribution < -0.4 is 18.9 Å². The fourth-order valence-corrected chi connectivity index (χ4v) is 0.387. The second-order valence-electron chi connectivity index (χ2n) is 2.00. The molecule has 1 nitrogen and oxygen atoms in total. The van der Waals surface area contributed by atoms with Crippen LogP contribution in [0.3, 0.4) is 0 Å². The Bertz CT molecular complexity index is 37.5. The van der Waals surface area contributed by atoms with E-state index in [1.807, 2.05) is 0 Å². The largest absolute Gasteiger partial charge is 1.00 e. The van der Waals surface area contributed by atoms with E-state index in [1.54, 1.807) is 0 Å². The molecule has 0 bridgehead atoms. The zero-order valence-electron chi connectivity index (χ0n) is 6.44. The summed E-state index contributed by atoms with van der Waals surface area (Å²) in [5.74, 6) is 0. The molecule has 0 atom stereocenters. The molecule has 0 aliphatic rings. The maximum Gasteiger partial charge on any atom is 1.00 e. The van der Waals surface area contributed by atoms with E-state index in [0.717, 1.165) is 6.54 Å². The zero-order valence-corrected chi connectivity index (χ0v) is 6.44. The van der Waals surface area contributed by atoms with Crippen molar-refractivity contribution >= 4 is 0 Å². The van der Waals surface area contributed by atoms with Crippen molar-refractivity contribution in [1.82, 2.24) is 0 Å². The summed E-state index contributed by atoms with van der Waals surface area (Å²) in [6.07, 6.45) is 1.18. The van der Waals surface area contributed by atoms with E-state index in [-0.39, 0.29) is 18.9 Å². The second-order valence-corrected chi connectivity index (χ2v) is 2.00. The number of hydrogen-bond donors (Lipinski definition) is 0. The second kappa shape index (κ2) is 7.56. The van der Waals surface area contributed by atoms with Crippen LogP contribution in [-0.4, -0.2) is 12.6 Å². The average Bonchev–Trinajstić information content (AvgIpc) is 1.61. The van der Waals surface area contributed by atoms with Crippen LogP contribution in [0.4, 0.5) is 0 Å². The standard InChI is InChI=1S/C6H14N.Li/c1-4-5-7-6(2)3;/h6H,4-5H2,1-3H3;/q-1;+1. The van der Waals surface area contributed by atoms with Crippen LogP contribution in [0.25, 0.3) is 5.32 Å². The number of rotatable bonds is 3. The van der Waals surface area contributed by atoms with Gasteiger partial charge in [0.05, 0.1) is 0 Å². The molecule has 2 heteroatoms. The molecule has 0 aromatic carbocycles. The van der Waals surface area contributed by atoms with Crippen LogP contribution >= 0.6 is 0 Å². The van der Waals surface area contributed by atoms with Crippen LogP contribution in [0, 0.1) is 0 Å². The molecule has 0 saturated carbocycles. The Morgan fingerprint density at radius 1 is 1.38 bits per heavy atom. The van der Waals surface area contributed by atoms with E-state index in [1.165, 1.54) is 6.42 Å². The normalized spacial score (nSPS) is 9.00. The summed E-state index contributed by atoms with van der Waals surface area (Å²) in [6, 6.07) is 0.528. The Kier molecular flexibility index (Phi) is 10.7. The van der Waals surface area contributed by atoms with E-state index < -0.39 is 0 Å². The topological polar surface area (TPSA) is 14.1 Å². The Morgan fingerprint density at radius 3 is 2.00 bits per heavy atom. The van der Waals surface area contributed by atoms with Crippen molar-refractivity contribution in [2.24, 2.45) is 0 Å². The maximum atomic E-state index is 4.24. The SMILES string of the molecule is CCC[N-]C(C)C.[Li+]. The molecule has 0 fully saturated rings. The van der Waals surface area contributed by atoms with Crippen molar-refractivity contribution in [1.29, 1.82) is 0 Å². The van der Waals surface area contributed by atoms with Gasteiger partial charge in [-0.05, 0) is 0 Å². The molecule has 0 aliphatic heterocycles. The van der Waals surface area contributed by atoms with Crippen molar-refractivity contribution in [3.8, 4) is 0 Å². The molecule has 0 N–H and O–H groups in total. The average molecular weight is 107 g/mol. The van der Waals surface area contributed by atoms with Crippen molar-refractivity contribution < 1.29 is 18.9 Å².